The van der Waals surface area contributed by atoms with Crippen molar-refractivity contribution in [2.24, 2.45) is 5.92 Å². The summed E-state index contributed by atoms with van der Waals surface area (Å²) in [5.74, 6) is 0.0590. The molecule has 0 unspecified atom stereocenters. The molecule has 6 nitrogen and oxygen atoms in total. The van der Waals surface area contributed by atoms with Gasteiger partial charge in [-0.25, -0.2) is 4.79 Å². The minimum absolute atomic E-state index is 0.0589. The Morgan fingerprint density at radius 1 is 1.31 bits per heavy atom. The summed E-state index contributed by atoms with van der Waals surface area (Å²) < 4.78 is 21.9. The number of benzene rings is 1. The maximum Gasteiger partial charge on any atom is 0.338 e. The molecule has 0 saturated carbocycles. The number of aryl methyl sites for hydroxylation is 1. The van der Waals surface area contributed by atoms with Crippen molar-refractivity contribution < 1.29 is 28.5 Å². The Morgan fingerprint density at radius 2 is 1.96 bits per heavy atom. The third-order valence-corrected chi connectivity index (χ3v) is 4.36. The third-order valence-electron chi connectivity index (χ3n) is 4.36. The van der Waals surface area contributed by atoms with Crippen LogP contribution in [-0.4, -0.2) is 32.3 Å². The molecule has 1 fully saturated rings. The molecule has 2 rings (SSSR count). The summed E-state index contributed by atoms with van der Waals surface area (Å²) in [5, 5.41) is 0. The number of esters is 2. The van der Waals surface area contributed by atoms with Crippen LogP contribution in [0.25, 0.3) is 0 Å². The molecule has 0 amide bonds. The first-order valence-electron chi connectivity index (χ1n) is 8.59. The number of methoxy groups -OCH3 is 1. The van der Waals surface area contributed by atoms with Crippen molar-refractivity contribution in [2.75, 3.05) is 20.3 Å². The lowest BCUT2D eigenvalue weighted by molar-refractivity contribution is -0.149. The number of hydrogen-bond donors (Lipinski definition) is 0. The van der Waals surface area contributed by atoms with Gasteiger partial charge in [0.1, 0.15) is 18.1 Å². The van der Waals surface area contributed by atoms with Crippen molar-refractivity contribution in [1.29, 1.82) is 0 Å². The van der Waals surface area contributed by atoms with E-state index in [1.54, 1.807) is 53.0 Å². The predicted octanol–water partition coefficient (Wildman–Crippen LogP) is 3.30. The van der Waals surface area contributed by atoms with E-state index in [0.29, 0.717) is 29.2 Å². The quantitative estimate of drug-likeness (QED) is 0.321. The molecule has 1 aromatic carbocycles. The molecule has 1 atom stereocenters. The molecule has 26 heavy (non-hydrogen) atoms. The van der Waals surface area contributed by atoms with Crippen molar-refractivity contribution in [3.05, 3.63) is 34.9 Å². The summed E-state index contributed by atoms with van der Waals surface area (Å²) in [7, 11) is 1.57. The van der Waals surface area contributed by atoms with E-state index >= 15 is 0 Å². The van der Waals surface area contributed by atoms with Gasteiger partial charge < -0.3 is 18.9 Å². The van der Waals surface area contributed by atoms with Gasteiger partial charge >= 0.3 is 11.9 Å². The topological polar surface area (TPSA) is 74.4 Å². The second-order valence-corrected chi connectivity index (χ2v) is 6.72. The molecule has 1 aliphatic rings. The average Bonchev–Trinajstić information content (AvgIpc) is 3.39. The number of carbonyl (C=O) groups is 2. The molecule has 0 aliphatic carbocycles. The van der Waals surface area contributed by atoms with Crippen LogP contribution in [0.4, 0.5) is 0 Å². The second kappa shape index (κ2) is 7.91. The highest BCUT2D eigenvalue weighted by Gasteiger charge is 2.50. The zero-order valence-electron chi connectivity index (χ0n) is 16.2. The SMILES string of the molecule is C/C=C(\C)C(=O)Oc1cc(C)c(OC)cc1[C@]1(COC(=O)C(C)C)CO1. The fraction of sp³-hybridized carbons (Fsp3) is 0.500. The van der Waals surface area contributed by atoms with Gasteiger partial charge in [-0.15, -0.1) is 0 Å². The standard InChI is InChI=1S/C20H26O6/c1-7-13(4)19(22)26-17-8-14(5)16(23-6)9-15(17)20(11-25-20)10-24-18(21)12(2)3/h7-9,12H,10-11H2,1-6H3/b13-7+/t20-/m0/s1. The van der Waals surface area contributed by atoms with E-state index in [2.05, 4.69) is 0 Å². The van der Waals surface area contributed by atoms with Gasteiger partial charge in [-0.1, -0.05) is 19.9 Å². The summed E-state index contributed by atoms with van der Waals surface area (Å²) in [6.45, 7) is 9.29. The largest absolute Gasteiger partial charge is 0.496 e. The molecule has 1 aromatic rings. The Morgan fingerprint density at radius 3 is 2.46 bits per heavy atom. The molecule has 0 aromatic heterocycles. The molecule has 0 N–H and O–H groups in total. The van der Waals surface area contributed by atoms with Crippen molar-refractivity contribution in [2.45, 2.75) is 40.2 Å². The number of ether oxygens (including phenoxy) is 4. The highest BCUT2D eigenvalue weighted by Crippen LogP contribution is 2.46. The van der Waals surface area contributed by atoms with Gasteiger partial charge in [0.25, 0.3) is 0 Å². The van der Waals surface area contributed by atoms with Crippen LogP contribution in [0.15, 0.2) is 23.8 Å². The molecule has 1 aliphatic heterocycles. The number of rotatable bonds is 7. The van der Waals surface area contributed by atoms with Crippen LogP contribution in [0, 0.1) is 12.8 Å². The fourth-order valence-electron chi connectivity index (χ4n) is 2.38. The Bertz CT molecular complexity index is 728. The molecule has 1 saturated heterocycles. The maximum absolute atomic E-state index is 12.2. The molecule has 6 heteroatoms. The Balaban J connectivity index is 2.36. The highest BCUT2D eigenvalue weighted by atomic mass is 16.6. The van der Waals surface area contributed by atoms with Crippen molar-refractivity contribution in [3.8, 4) is 11.5 Å². The Hall–Kier alpha value is -2.34. The molecule has 142 valence electrons. The minimum Gasteiger partial charge on any atom is -0.496 e. The predicted molar refractivity (Wildman–Crippen MR) is 96.2 cm³/mol. The van der Waals surface area contributed by atoms with Crippen LogP contribution in [0.3, 0.4) is 0 Å². The third kappa shape index (κ3) is 4.25. The Labute approximate surface area is 154 Å². The van der Waals surface area contributed by atoms with Gasteiger partial charge in [0.2, 0.25) is 0 Å². The number of carbonyl (C=O) groups excluding carboxylic acids is 2. The van der Waals surface area contributed by atoms with Gasteiger partial charge in [-0.3, -0.25) is 4.79 Å². The first-order chi connectivity index (χ1) is 12.2. The summed E-state index contributed by atoms with van der Waals surface area (Å²) in [5.41, 5.74) is 1.15. The summed E-state index contributed by atoms with van der Waals surface area (Å²) >= 11 is 0. The van der Waals surface area contributed by atoms with Crippen molar-refractivity contribution >= 4 is 11.9 Å². The smallest absolute Gasteiger partial charge is 0.338 e. The van der Waals surface area contributed by atoms with E-state index in [0.717, 1.165) is 5.56 Å². The summed E-state index contributed by atoms with van der Waals surface area (Å²) in [6, 6.07) is 3.52. The van der Waals surface area contributed by atoms with E-state index in [4.69, 9.17) is 18.9 Å². The maximum atomic E-state index is 12.2. The van der Waals surface area contributed by atoms with Gasteiger partial charge in [0.15, 0.2) is 5.60 Å². The van der Waals surface area contributed by atoms with Crippen LogP contribution in [0.2, 0.25) is 0 Å². The second-order valence-electron chi connectivity index (χ2n) is 6.72. The lowest BCUT2D eigenvalue weighted by Gasteiger charge is -2.19. The van der Waals surface area contributed by atoms with Gasteiger partial charge in [0.05, 0.1) is 19.6 Å². The normalized spacial score (nSPS) is 19.3. The van der Waals surface area contributed by atoms with Crippen molar-refractivity contribution in [1.82, 2.24) is 0 Å². The number of epoxide rings is 1. The van der Waals surface area contributed by atoms with Gasteiger partial charge in [0, 0.05) is 11.1 Å². The van der Waals surface area contributed by atoms with Gasteiger partial charge in [-0.2, -0.15) is 0 Å². The van der Waals surface area contributed by atoms with E-state index in [1.165, 1.54) is 0 Å². The molecular weight excluding hydrogens is 336 g/mol. The molecule has 1 heterocycles. The monoisotopic (exact) mass is 362 g/mol. The van der Waals surface area contributed by atoms with Crippen LogP contribution in [0.5, 0.6) is 11.5 Å². The van der Waals surface area contributed by atoms with Gasteiger partial charge in [-0.05, 0) is 38.5 Å². The molecule has 0 spiro atoms. The van der Waals surface area contributed by atoms with E-state index in [-0.39, 0.29) is 18.5 Å². The highest BCUT2D eigenvalue weighted by molar-refractivity contribution is 5.89. The van der Waals surface area contributed by atoms with Crippen LogP contribution in [-0.2, 0) is 24.7 Å². The van der Waals surface area contributed by atoms with E-state index in [9.17, 15) is 9.59 Å². The fourth-order valence-corrected chi connectivity index (χ4v) is 2.38. The Kier molecular flexibility index (Phi) is 6.08. The first-order valence-corrected chi connectivity index (χ1v) is 8.59. The first kappa shape index (κ1) is 20.0. The zero-order chi connectivity index (χ0) is 19.5. The molecule has 0 bridgehead atoms. The average molecular weight is 362 g/mol. The number of allylic oxidation sites excluding steroid dienone is 1. The van der Waals surface area contributed by atoms with Crippen molar-refractivity contribution in [3.63, 3.8) is 0 Å². The lowest BCUT2D eigenvalue weighted by atomic mass is 9.97. The summed E-state index contributed by atoms with van der Waals surface area (Å²) in [4.78, 5) is 24.0. The molecule has 0 radical (unpaired) electrons. The van der Waals surface area contributed by atoms with E-state index < -0.39 is 11.6 Å². The molecular formula is C20H26O6. The van der Waals surface area contributed by atoms with E-state index in [1.807, 2.05) is 6.92 Å². The number of hydrogen-bond acceptors (Lipinski definition) is 6. The van der Waals surface area contributed by atoms with Crippen LogP contribution in [0.1, 0.15) is 38.8 Å². The lowest BCUT2D eigenvalue weighted by Crippen LogP contribution is -2.24. The zero-order valence-corrected chi connectivity index (χ0v) is 16.2. The van der Waals surface area contributed by atoms with Crippen LogP contribution < -0.4 is 9.47 Å². The van der Waals surface area contributed by atoms with Crippen LogP contribution >= 0.6 is 0 Å². The summed E-state index contributed by atoms with van der Waals surface area (Å²) in [6.07, 6.45) is 1.69. The minimum atomic E-state index is -0.815.